The number of hydrogen-bond acceptors (Lipinski definition) is 5. The SMILES string of the molecule is OCC(NC1CCOC1)C1(OC2CCCCO2)CC1. The summed E-state index contributed by atoms with van der Waals surface area (Å²) in [6, 6.07) is 0.357. The summed E-state index contributed by atoms with van der Waals surface area (Å²) < 4.78 is 17.2. The summed E-state index contributed by atoms with van der Waals surface area (Å²) in [5, 5.41) is 13.2. The van der Waals surface area contributed by atoms with Crippen molar-refractivity contribution in [3.63, 3.8) is 0 Å². The molecule has 1 aliphatic carbocycles. The molecule has 110 valence electrons. The van der Waals surface area contributed by atoms with Crippen LogP contribution in [0.2, 0.25) is 0 Å². The predicted molar refractivity (Wildman–Crippen MR) is 69.9 cm³/mol. The van der Waals surface area contributed by atoms with Gasteiger partial charge >= 0.3 is 0 Å². The second-order valence-electron chi connectivity index (χ2n) is 5.94. The van der Waals surface area contributed by atoms with Gasteiger partial charge in [-0.2, -0.15) is 0 Å². The van der Waals surface area contributed by atoms with Gasteiger partial charge in [-0.25, -0.2) is 0 Å². The first kappa shape index (κ1) is 13.8. The molecule has 0 aromatic carbocycles. The maximum atomic E-state index is 9.67. The Morgan fingerprint density at radius 2 is 2.16 bits per heavy atom. The summed E-state index contributed by atoms with van der Waals surface area (Å²) in [7, 11) is 0. The van der Waals surface area contributed by atoms with E-state index in [1.54, 1.807) is 0 Å². The van der Waals surface area contributed by atoms with Gasteiger partial charge in [-0.3, -0.25) is 0 Å². The Labute approximate surface area is 114 Å². The second kappa shape index (κ2) is 6.06. The van der Waals surface area contributed by atoms with Crippen molar-refractivity contribution in [2.45, 2.75) is 62.5 Å². The van der Waals surface area contributed by atoms with Crippen molar-refractivity contribution in [2.24, 2.45) is 0 Å². The lowest BCUT2D eigenvalue weighted by atomic mass is 10.1. The Morgan fingerprint density at radius 1 is 1.26 bits per heavy atom. The smallest absolute Gasteiger partial charge is 0.158 e. The Kier molecular flexibility index (Phi) is 4.39. The van der Waals surface area contributed by atoms with E-state index in [9.17, 15) is 5.11 Å². The van der Waals surface area contributed by atoms with Gasteiger partial charge in [0, 0.05) is 19.3 Å². The normalized spacial score (nSPS) is 35.2. The van der Waals surface area contributed by atoms with Crippen LogP contribution in [0.4, 0.5) is 0 Å². The minimum atomic E-state index is -0.209. The number of ether oxygens (including phenoxy) is 3. The van der Waals surface area contributed by atoms with Crippen molar-refractivity contribution >= 4 is 0 Å². The van der Waals surface area contributed by atoms with E-state index in [1.165, 1.54) is 6.42 Å². The number of aliphatic hydroxyl groups is 1. The third-order valence-electron chi connectivity index (χ3n) is 4.43. The zero-order chi connectivity index (χ0) is 13.1. The molecule has 2 heterocycles. The van der Waals surface area contributed by atoms with Gasteiger partial charge in [-0.1, -0.05) is 0 Å². The van der Waals surface area contributed by atoms with E-state index < -0.39 is 0 Å². The highest BCUT2D eigenvalue weighted by Crippen LogP contribution is 2.44. The Morgan fingerprint density at radius 3 is 2.74 bits per heavy atom. The van der Waals surface area contributed by atoms with Crippen LogP contribution in [0.25, 0.3) is 0 Å². The first-order chi connectivity index (χ1) is 9.32. The van der Waals surface area contributed by atoms with Gasteiger partial charge in [-0.15, -0.1) is 0 Å². The highest BCUT2D eigenvalue weighted by atomic mass is 16.7. The first-order valence-corrected chi connectivity index (χ1v) is 7.56. The third kappa shape index (κ3) is 3.28. The monoisotopic (exact) mass is 271 g/mol. The van der Waals surface area contributed by atoms with E-state index in [4.69, 9.17) is 14.2 Å². The molecule has 0 aromatic heterocycles. The molecule has 0 radical (unpaired) electrons. The van der Waals surface area contributed by atoms with Crippen molar-refractivity contribution in [1.82, 2.24) is 5.32 Å². The molecule has 1 saturated carbocycles. The average Bonchev–Trinajstić information content (AvgIpc) is 3.03. The van der Waals surface area contributed by atoms with Crippen molar-refractivity contribution in [2.75, 3.05) is 26.4 Å². The summed E-state index contributed by atoms with van der Waals surface area (Å²) in [6.07, 6.45) is 6.26. The molecule has 5 nitrogen and oxygen atoms in total. The van der Waals surface area contributed by atoms with Crippen LogP contribution in [-0.4, -0.2) is 55.5 Å². The van der Waals surface area contributed by atoms with Crippen LogP contribution in [0.3, 0.4) is 0 Å². The fourth-order valence-corrected chi connectivity index (χ4v) is 3.06. The average molecular weight is 271 g/mol. The lowest BCUT2D eigenvalue weighted by Gasteiger charge is -2.33. The zero-order valence-corrected chi connectivity index (χ0v) is 11.5. The van der Waals surface area contributed by atoms with E-state index in [1.807, 2.05) is 0 Å². The van der Waals surface area contributed by atoms with Gasteiger partial charge in [0.2, 0.25) is 0 Å². The van der Waals surface area contributed by atoms with Crippen LogP contribution in [0.15, 0.2) is 0 Å². The Balaban J connectivity index is 1.54. The van der Waals surface area contributed by atoms with Crippen LogP contribution in [0.1, 0.15) is 38.5 Å². The molecule has 3 rings (SSSR count). The molecule has 3 unspecified atom stereocenters. The Bertz CT molecular complexity index is 283. The number of hydrogen-bond donors (Lipinski definition) is 2. The minimum Gasteiger partial charge on any atom is -0.395 e. The summed E-state index contributed by atoms with van der Waals surface area (Å²) in [5.41, 5.74) is -0.209. The van der Waals surface area contributed by atoms with Crippen molar-refractivity contribution in [1.29, 1.82) is 0 Å². The van der Waals surface area contributed by atoms with E-state index in [0.29, 0.717) is 6.04 Å². The molecule has 3 aliphatic rings. The van der Waals surface area contributed by atoms with Gasteiger partial charge in [-0.05, 0) is 38.5 Å². The van der Waals surface area contributed by atoms with Gasteiger partial charge in [0.15, 0.2) is 6.29 Å². The number of aliphatic hydroxyl groups excluding tert-OH is 1. The Hall–Kier alpha value is -0.200. The van der Waals surface area contributed by atoms with Crippen molar-refractivity contribution in [3.05, 3.63) is 0 Å². The molecule has 3 fully saturated rings. The minimum absolute atomic E-state index is 0.00438. The molecule has 2 N–H and O–H groups in total. The topological polar surface area (TPSA) is 60.0 Å². The number of nitrogens with one attached hydrogen (secondary N) is 1. The maximum Gasteiger partial charge on any atom is 0.158 e. The maximum absolute atomic E-state index is 9.67. The molecule has 2 aliphatic heterocycles. The van der Waals surface area contributed by atoms with Crippen molar-refractivity contribution < 1.29 is 19.3 Å². The standard InChI is InChI=1S/C14H25NO4/c16-9-12(15-11-4-8-17-10-11)14(5-6-14)19-13-3-1-2-7-18-13/h11-13,15-16H,1-10H2. The van der Waals surface area contributed by atoms with Crippen LogP contribution in [0, 0.1) is 0 Å². The number of rotatable bonds is 6. The van der Waals surface area contributed by atoms with Crippen LogP contribution in [-0.2, 0) is 14.2 Å². The molecule has 0 aromatic rings. The van der Waals surface area contributed by atoms with Gasteiger partial charge in [0.1, 0.15) is 0 Å². The van der Waals surface area contributed by atoms with Crippen LogP contribution in [0.5, 0.6) is 0 Å². The fourth-order valence-electron chi connectivity index (χ4n) is 3.06. The molecule has 5 heteroatoms. The largest absolute Gasteiger partial charge is 0.395 e. The molecule has 2 saturated heterocycles. The van der Waals surface area contributed by atoms with E-state index in [0.717, 1.165) is 51.9 Å². The highest BCUT2D eigenvalue weighted by molar-refractivity contribution is 5.06. The molecule has 0 spiro atoms. The lowest BCUT2D eigenvalue weighted by Crippen LogP contribution is -2.52. The lowest BCUT2D eigenvalue weighted by molar-refractivity contribution is -0.205. The quantitative estimate of drug-likeness (QED) is 0.748. The molecule has 19 heavy (non-hydrogen) atoms. The first-order valence-electron chi connectivity index (χ1n) is 7.56. The zero-order valence-electron chi connectivity index (χ0n) is 11.5. The van der Waals surface area contributed by atoms with Gasteiger partial charge in [0.25, 0.3) is 0 Å². The van der Waals surface area contributed by atoms with E-state index in [2.05, 4.69) is 5.32 Å². The van der Waals surface area contributed by atoms with Gasteiger partial charge in [0.05, 0.1) is 24.9 Å². The molecular weight excluding hydrogens is 246 g/mol. The molecule has 3 atom stereocenters. The predicted octanol–water partition coefficient (Wildman–Crippen LogP) is 0.802. The third-order valence-corrected chi connectivity index (χ3v) is 4.43. The molecule has 0 bridgehead atoms. The molecular formula is C14H25NO4. The second-order valence-corrected chi connectivity index (χ2v) is 5.94. The summed E-state index contributed by atoms with van der Waals surface area (Å²) in [5.74, 6) is 0. The van der Waals surface area contributed by atoms with E-state index in [-0.39, 0.29) is 24.5 Å². The fraction of sp³-hybridized carbons (Fsp3) is 1.00. The summed E-state index contributed by atoms with van der Waals surface area (Å²) in [6.45, 7) is 2.47. The molecule has 0 amide bonds. The van der Waals surface area contributed by atoms with Gasteiger partial charge < -0.3 is 24.6 Å². The summed E-state index contributed by atoms with van der Waals surface area (Å²) in [4.78, 5) is 0. The highest BCUT2D eigenvalue weighted by Gasteiger charge is 2.52. The van der Waals surface area contributed by atoms with E-state index >= 15 is 0 Å². The summed E-state index contributed by atoms with van der Waals surface area (Å²) >= 11 is 0. The van der Waals surface area contributed by atoms with Crippen LogP contribution >= 0.6 is 0 Å². The van der Waals surface area contributed by atoms with Crippen molar-refractivity contribution in [3.8, 4) is 0 Å². The van der Waals surface area contributed by atoms with Crippen LogP contribution < -0.4 is 5.32 Å².